The van der Waals surface area contributed by atoms with Crippen LogP contribution in [0.25, 0.3) is 21.5 Å². The van der Waals surface area contributed by atoms with E-state index in [1.165, 1.54) is 0 Å². The maximum absolute atomic E-state index is 4.38. The molecule has 0 aliphatic carbocycles. The highest BCUT2D eigenvalue weighted by molar-refractivity contribution is 7.14. The first kappa shape index (κ1) is 13.1. The molecule has 2 aromatic heterocycles. The zero-order chi connectivity index (χ0) is 13.9. The van der Waals surface area contributed by atoms with Crippen LogP contribution in [0.15, 0.2) is 36.5 Å². The van der Waals surface area contributed by atoms with E-state index in [-0.39, 0.29) is 0 Å². The van der Waals surface area contributed by atoms with Crippen molar-refractivity contribution in [3.8, 4) is 10.6 Å². The van der Waals surface area contributed by atoms with Gasteiger partial charge in [0.2, 0.25) is 0 Å². The smallest absolute Gasteiger partial charge is 0.148 e. The predicted octanol–water partition coefficient (Wildman–Crippen LogP) is 3.25. The fraction of sp³-hybridized carbons (Fsp3) is 0.267. The van der Waals surface area contributed by atoms with Crippen molar-refractivity contribution in [2.24, 2.45) is 0 Å². The molecular formula is C15H16N4S. The zero-order valence-corrected chi connectivity index (χ0v) is 12.3. The van der Waals surface area contributed by atoms with Crippen molar-refractivity contribution in [2.75, 3.05) is 0 Å². The quantitative estimate of drug-likeness (QED) is 0.799. The number of pyridine rings is 1. The van der Waals surface area contributed by atoms with Gasteiger partial charge in [-0.1, -0.05) is 43.4 Å². The van der Waals surface area contributed by atoms with Gasteiger partial charge in [0.1, 0.15) is 10.0 Å². The van der Waals surface area contributed by atoms with E-state index in [4.69, 9.17) is 0 Å². The molecule has 1 N–H and O–H groups in total. The van der Waals surface area contributed by atoms with Crippen LogP contribution in [-0.4, -0.2) is 21.2 Å². The van der Waals surface area contributed by atoms with Crippen molar-refractivity contribution in [2.45, 2.75) is 26.4 Å². The molecule has 0 bridgehead atoms. The number of hydrogen-bond donors (Lipinski definition) is 1. The van der Waals surface area contributed by atoms with Gasteiger partial charge in [0, 0.05) is 29.7 Å². The van der Waals surface area contributed by atoms with Crippen LogP contribution < -0.4 is 5.32 Å². The van der Waals surface area contributed by atoms with Gasteiger partial charge >= 0.3 is 0 Å². The van der Waals surface area contributed by atoms with Crippen LogP contribution in [-0.2, 0) is 6.54 Å². The van der Waals surface area contributed by atoms with Crippen LogP contribution in [0.4, 0.5) is 0 Å². The normalized spacial score (nSPS) is 11.3. The lowest BCUT2D eigenvalue weighted by Crippen LogP contribution is -2.21. The second-order valence-electron chi connectivity index (χ2n) is 4.91. The van der Waals surface area contributed by atoms with E-state index in [9.17, 15) is 0 Å². The lowest BCUT2D eigenvalue weighted by molar-refractivity contribution is 0.585. The van der Waals surface area contributed by atoms with Crippen molar-refractivity contribution < 1.29 is 0 Å². The van der Waals surface area contributed by atoms with E-state index >= 15 is 0 Å². The molecule has 3 aromatic rings. The van der Waals surface area contributed by atoms with Gasteiger partial charge in [0.25, 0.3) is 0 Å². The van der Waals surface area contributed by atoms with Crippen LogP contribution in [0.2, 0.25) is 0 Å². The van der Waals surface area contributed by atoms with Crippen molar-refractivity contribution in [3.63, 3.8) is 0 Å². The molecule has 5 heteroatoms. The highest BCUT2D eigenvalue weighted by Crippen LogP contribution is 2.29. The molecule has 2 heterocycles. The largest absolute Gasteiger partial charge is 0.308 e. The summed E-state index contributed by atoms with van der Waals surface area (Å²) < 4.78 is 0. The number of rotatable bonds is 4. The molecule has 0 fully saturated rings. The van der Waals surface area contributed by atoms with Crippen LogP contribution in [0.1, 0.15) is 18.9 Å². The van der Waals surface area contributed by atoms with E-state index in [0.717, 1.165) is 33.0 Å². The maximum Gasteiger partial charge on any atom is 0.148 e. The van der Waals surface area contributed by atoms with Gasteiger partial charge in [-0.25, -0.2) is 0 Å². The summed E-state index contributed by atoms with van der Waals surface area (Å²) in [6.45, 7) is 5.01. The Bertz CT molecular complexity index is 715. The number of aromatic nitrogens is 3. The standard InChI is InChI=1S/C15H16N4S/c1-10(2)17-9-14-18-19-15(20-14)12-5-3-7-13-11(12)6-4-8-16-13/h3-8,10,17H,9H2,1-2H3. The molecule has 0 amide bonds. The summed E-state index contributed by atoms with van der Waals surface area (Å²) in [7, 11) is 0. The molecule has 0 saturated carbocycles. The Hall–Kier alpha value is -1.85. The van der Waals surface area contributed by atoms with Crippen molar-refractivity contribution >= 4 is 22.2 Å². The molecule has 0 radical (unpaired) electrons. The third-order valence-electron chi connectivity index (χ3n) is 3.00. The number of hydrogen-bond acceptors (Lipinski definition) is 5. The Morgan fingerprint density at radius 2 is 2.05 bits per heavy atom. The summed E-state index contributed by atoms with van der Waals surface area (Å²) in [5.74, 6) is 0. The second-order valence-corrected chi connectivity index (χ2v) is 5.97. The van der Waals surface area contributed by atoms with E-state index in [2.05, 4.69) is 46.5 Å². The van der Waals surface area contributed by atoms with Crippen LogP contribution in [0.5, 0.6) is 0 Å². The van der Waals surface area contributed by atoms with Gasteiger partial charge in [0.15, 0.2) is 0 Å². The zero-order valence-electron chi connectivity index (χ0n) is 11.5. The van der Waals surface area contributed by atoms with Gasteiger partial charge in [0.05, 0.1) is 5.52 Å². The minimum Gasteiger partial charge on any atom is -0.308 e. The van der Waals surface area contributed by atoms with Gasteiger partial charge in [-0.05, 0) is 12.1 Å². The summed E-state index contributed by atoms with van der Waals surface area (Å²) in [6.07, 6.45) is 1.81. The van der Waals surface area contributed by atoms with Crippen molar-refractivity contribution in [1.82, 2.24) is 20.5 Å². The van der Waals surface area contributed by atoms with E-state index in [0.29, 0.717) is 6.04 Å². The fourth-order valence-electron chi connectivity index (χ4n) is 2.02. The summed E-state index contributed by atoms with van der Waals surface area (Å²) in [5.41, 5.74) is 2.09. The molecule has 0 aliphatic heterocycles. The highest BCUT2D eigenvalue weighted by atomic mass is 32.1. The van der Waals surface area contributed by atoms with Gasteiger partial charge in [-0.2, -0.15) is 0 Å². The number of fused-ring (bicyclic) bond motifs is 1. The first-order chi connectivity index (χ1) is 9.74. The summed E-state index contributed by atoms with van der Waals surface area (Å²) in [5, 5.41) is 15.0. The number of nitrogens with one attached hydrogen (secondary N) is 1. The van der Waals surface area contributed by atoms with E-state index < -0.39 is 0 Å². The van der Waals surface area contributed by atoms with Gasteiger partial charge < -0.3 is 5.32 Å². The predicted molar refractivity (Wildman–Crippen MR) is 82.6 cm³/mol. The second kappa shape index (κ2) is 5.64. The molecule has 4 nitrogen and oxygen atoms in total. The van der Waals surface area contributed by atoms with E-state index in [1.807, 2.05) is 24.4 Å². The number of benzene rings is 1. The lowest BCUT2D eigenvalue weighted by Gasteiger charge is -2.04. The van der Waals surface area contributed by atoms with Crippen LogP contribution >= 0.6 is 11.3 Å². The molecule has 20 heavy (non-hydrogen) atoms. The summed E-state index contributed by atoms with van der Waals surface area (Å²) >= 11 is 1.63. The van der Waals surface area contributed by atoms with E-state index in [1.54, 1.807) is 11.3 Å². The van der Waals surface area contributed by atoms with Gasteiger partial charge in [-0.15, -0.1) is 10.2 Å². The third-order valence-corrected chi connectivity index (χ3v) is 3.96. The minimum absolute atomic E-state index is 0.448. The Kier molecular flexibility index (Phi) is 3.71. The summed E-state index contributed by atoms with van der Waals surface area (Å²) in [4.78, 5) is 4.38. The van der Waals surface area contributed by atoms with Crippen molar-refractivity contribution in [3.05, 3.63) is 41.5 Å². The molecule has 0 unspecified atom stereocenters. The minimum atomic E-state index is 0.448. The Balaban J connectivity index is 1.95. The summed E-state index contributed by atoms with van der Waals surface area (Å²) in [6, 6.07) is 10.6. The molecular weight excluding hydrogens is 268 g/mol. The first-order valence-corrected chi connectivity index (χ1v) is 7.45. The topological polar surface area (TPSA) is 50.7 Å². The number of nitrogens with zero attached hydrogens (tertiary/aromatic N) is 3. The molecule has 0 aliphatic rings. The first-order valence-electron chi connectivity index (χ1n) is 6.64. The third kappa shape index (κ3) is 2.69. The Labute approximate surface area is 121 Å². The van der Waals surface area contributed by atoms with Gasteiger partial charge in [-0.3, -0.25) is 4.98 Å². The van der Waals surface area contributed by atoms with Crippen LogP contribution in [0, 0.1) is 0 Å². The lowest BCUT2D eigenvalue weighted by atomic mass is 10.1. The highest BCUT2D eigenvalue weighted by Gasteiger charge is 2.10. The SMILES string of the molecule is CC(C)NCc1nnc(-c2cccc3ncccc23)s1. The fourth-order valence-corrected chi connectivity index (χ4v) is 2.85. The molecule has 1 aromatic carbocycles. The monoisotopic (exact) mass is 284 g/mol. The molecule has 102 valence electrons. The molecule has 3 rings (SSSR count). The molecule has 0 spiro atoms. The average molecular weight is 284 g/mol. The molecule has 0 atom stereocenters. The van der Waals surface area contributed by atoms with Crippen LogP contribution in [0.3, 0.4) is 0 Å². The Morgan fingerprint density at radius 1 is 1.15 bits per heavy atom. The maximum atomic E-state index is 4.38. The molecule has 0 saturated heterocycles. The average Bonchev–Trinajstić information content (AvgIpc) is 2.93. The Morgan fingerprint density at radius 3 is 2.90 bits per heavy atom. The van der Waals surface area contributed by atoms with Crippen molar-refractivity contribution in [1.29, 1.82) is 0 Å².